The van der Waals surface area contributed by atoms with Crippen LogP contribution >= 0.6 is 11.6 Å². The Kier molecular flexibility index (Phi) is 3.09. The number of halogens is 1. The van der Waals surface area contributed by atoms with Gasteiger partial charge in [-0.15, -0.1) is 0 Å². The van der Waals surface area contributed by atoms with Crippen LogP contribution in [-0.4, -0.2) is 23.3 Å². The van der Waals surface area contributed by atoms with Crippen LogP contribution in [0.4, 0.5) is 0 Å². The van der Waals surface area contributed by atoms with Gasteiger partial charge in [0.05, 0.1) is 21.7 Å². The standard InChI is InChI=1S/C15H17BClNO2/c1-14(2)15(3,4)20-16(19-14)11-9-18-12-8-6-5-7-10(12)13(11)17/h5-9H,1-4H3. The predicted octanol–water partition coefficient (Wildman–Crippen LogP) is 3.19. The lowest BCUT2D eigenvalue weighted by Gasteiger charge is -2.32. The maximum absolute atomic E-state index is 6.51. The Hall–Kier alpha value is -1.10. The molecule has 0 atom stereocenters. The molecule has 0 N–H and O–H groups in total. The van der Waals surface area contributed by atoms with Crippen LogP contribution in [0.5, 0.6) is 0 Å². The number of pyridine rings is 1. The van der Waals surface area contributed by atoms with Crippen molar-refractivity contribution >= 4 is 35.1 Å². The van der Waals surface area contributed by atoms with Gasteiger partial charge in [-0.2, -0.15) is 0 Å². The minimum Gasteiger partial charge on any atom is -0.399 e. The third-order valence-corrected chi connectivity index (χ3v) is 4.67. The smallest absolute Gasteiger partial charge is 0.399 e. The second-order valence-electron chi connectivity index (χ2n) is 6.13. The van der Waals surface area contributed by atoms with Crippen LogP contribution in [0.3, 0.4) is 0 Å². The van der Waals surface area contributed by atoms with E-state index in [1.54, 1.807) is 6.20 Å². The molecule has 3 nitrogen and oxygen atoms in total. The van der Waals surface area contributed by atoms with E-state index in [1.807, 2.05) is 52.0 Å². The molecule has 1 aliphatic heterocycles. The summed E-state index contributed by atoms with van der Waals surface area (Å²) in [7, 11) is -0.482. The van der Waals surface area contributed by atoms with Crippen molar-refractivity contribution in [2.24, 2.45) is 0 Å². The summed E-state index contributed by atoms with van der Waals surface area (Å²) in [5, 5.41) is 1.57. The van der Waals surface area contributed by atoms with Crippen LogP contribution in [0.2, 0.25) is 5.02 Å². The van der Waals surface area contributed by atoms with Crippen molar-refractivity contribution in [2.45, 2.75) is 38.9 Å². The third-order valence-electron chi connectivity index (χ3n) is 4.24. The minimum absolute atomic E-state index is 0.382. The summed E-state index contributed by atoms with van der Waals surface area (Å²) in [5.41, 5.74) is 0.890. The van der Waals surface area contributed by atoms with Gasteiger partial charge in [-0.25, -0.2) is 0 Å². The minimum atomic E-state index is -0.482. The van der Waals surface area contributed by atoms with Gasteiger partial charge in [0.15, 0.2) is 0 Å². The summed E-state index contributed by atoms with van der Waals surface area (Å²) in [6, 6.07) is 7.79. The molecule has 104 valence electrons. The first kappa shape index (κ1) is 13.9. The molecule has 0 unspecified atom stereocenters. The van der Waals surface area contributed by atoms with E-state index in [1.165, 1.54) is 0 Å². The molecule has 0 aliphatic carbocycles. The second kappa shape index (κ2) is 4.45. The van der Waals surface area contributed by atoms with Gasteiger partial charge in [-0.1, -0.05) is 29.8 Å². The zero-order valence-electron chi connectivity index (χ0n) is 12.1. The largest absolute Gasteiger partial charge is 0.497 e. The fourth-order valence-corrected chi connectivity index (χ4v) is 2.56. The number of rotatable bonds is 1. The average Bonchev–Trinajstić information content (AvgIpc) is 2.59. The molecule has 0 spiro atoms. The zero-order valence-corrected chi connectivity index (χ0v) is 12.9. The third kappa shape index (κ3) is 2.03. The van der Waals surface area contributed by atoms with E-state index in [4.69, 9.17) is 20.9 Å². The normalized spacial score (nSPS) is 20.6. The van der Waals surface area contributed by atoms with Gasteiger partial charge in [-0.05, 0) is 33.8 Å². The predicted molar refractivity (Wildman–Crippen MR) is 82.5 cm³/mol. The summed E-state index contributed by atoms with van der Waals surface area (Å²) in [6.45, 7) is 8.09. The second-order valence-corrected chi connectivity index (χ2v) is 6.51. The molecular weight excluding hydrogens is 272 g/mol. The Morgan fingerprint density at radius 2 is 1.65 bits per heavy atom. The molecule has 1 fully saturated rings. The Labute approximate surface area is 124 Å². The first-order chi connectivity index (χ1) is 9.32. The van der Waals surface area contributed by atoms with Gasteiger partial charge in [0, 0.05) is 17.0 Å². The van der Waals surface area contributed by atoms with Gasteiger partial charge < -0.3 is 9.31 Å². The molecule has 1 aromatic heterocycles. The van der Waals surface area contributed by atoms with Crippen molar-refractivity contribution in [3.8, 4) is 0 Å². The molecule has 0 bridgehead atoms. The van der Waals surface area contributed by atoms with E-state index in [0.29, 0.717) is 5.02 Å². The summed E-state index contributed by atoms with van der Waals surface area (Å²) in [4.78, 5) is 4.44. The SMILES string of the molecule is CC1(C)OB(c2cnc3ccccc3c2Cl)OC1(C)C. The molecule has 3 rings (SSSR count). The molecule has 0 saturated carbocycles. The topological polar surface area (TPSA) is 31.4 Å². The van der Waals surface area contributed by atoms with Crippen molar-refractivity contribution in [2.75, 3.05) is 0 Å². The molecule has 0 amide bonds. The van der Waals surface area contributed by atoms with Gasteiger partial charge in [-0.3, -0.25) is 4.98 Å². The number of hydrogen-bond donors (Lipinski definition) is 0. The lowest BCUT2D eigenvalue weighted by Crippen LogP contribution is -2.41. The lowest BCUT2D eigenvalue weighted by atomic mass is 9.79. The highest BCUT2D eigenvalue weighted by Crippen LogP contribution is 2.37. The van der Waals surface area contributed by atoms with Gasteiger partial charge in [0.2, 0.25) is 0 Å². The highest BCUT2D eigenvalue weighted by Gasteiger charge is 2.52. The van der Waals surface area contributed by atoms with Crippen molar-refractivity contribution in [3.05, 3.63) is 35.5 Å². The Morgan fingerprint density at radius 1 is 1.05 bits per heavy atom. The van der Waals surface area contributed by atoms with E-state index >= 15 is 0 Å². The molecule has 1 aliphatic rings. The maximum Gasteiger partial charge on any atom is 0.497 e. The summed E-state index contributed by atoms with van der Waals surface area (Å²) >= 11 is 6.51. The number of fused-ring (bicyclic) bond motifs is 1. The van der Waals surface area contributed by atoms with Crippen LogP contribution in [0.25, 0.3) is 10.9 Å². The number of para-hydroxylation sites is 1. The monoisotopic (exact) mass is 289 g/mol. The molecule has 2 heterocycles. The molecule has 2 aromatic rings. The van der Waals surface area contributed by atoms with Crippen molar-refractivity contribution in [3.63, 3.8) is 0 Å². The maximum atomic E-state index is 6.51. The average molecular weight is 290 g/mol. The number of nitrogens with zero attached hydrogens (tertiary/aromatic N) is 1. The van der Waals surface area contributed by atoms with E-state index < -0.39 is 7.12 Å². The molecule has 0 radical (unpaired) electrons. The Balaban J connectivity index is 2.06. The first-order valence-electron chi connectivity index (χ1n) is 6.71. The van der Waals surface area contributed by atoms with Gasteiger partial charge in [0.25, 0.3) is 0 Å². The van der Waals surface area contributed by atoms with Crippen molar-refractivity contribution < 1.29 is 9.31 Å². The quantitative estimate of drug-likeness (QED) is 0.756. The number of benzene rings is 1. The Bertz CT molecular complexity index is 656. The van der Waals surface area contributed by atoms with Crippen LogP contribution in [0.15, 0.2) is 30.5 Å². The van der Waals surface area contributed by atoms with E-state index in [0.717, 1.165) is 16.4 Å². The molecule has 1 aromatic carbocycles. The van der Waals surface area contributed by atoms with E-state index in [9.17, 15) is 0 Å². The molecule has 20 heavy (non-hydrogen) atoms. The van der Waals surface area contributed by atoms with Crippen LogP contribution in [0, 0.1) is 0 Å². The summed E-state index contributed by atoms with van der Waals surface area (Å²) in [5.74, 6) is 0. The molecular formula is C15H17BClNO2. The van der Waals surface area contributed by atoms with Crippen molar-refractivity contribution in [1.82, 2.24) is 4.98 Å². The van der Waals surface area contributed by atoms with Crippen LogP contribution in [0.1, 0.15) is 27.7 Å². The van der Waals surface area contributed by atoms with E-state index in [-0.39, 0.29) is 11.2 Å². The molecule has 5 heteroatoms. The fraction of sp³-hybridized carbons (Fsp3) is 0.400. The highest BCUT2D eigenvalue weighted by molar-refractivity contribution is 6.66. The zero-order chi connectivity index (χ0) is 14.5. The van der Waals surface area contributed by atoms with Gasteiger partial charge >= 0.3 is 7.12 Å². The fourth-order valence-electron chi connectivity index (χ4n) is 2.26. The van der Waals surface area contributed by atoms with Gasteiger partial charge in [0.1, 0.15) is 0 Å². The number of hydrogen-bond acceptors (Lipinski definition) is 3. The van der Waals surface area contributed by atoms with E-state index in [2.05, 4.69) is 4.98 Å². The first-order valence-corrected chi connectivity index (χ1v) is 7.08. The van der Waals surface area contributed by atoms with Crippen molar-refractivity contribution in [1.29, 1.82) is 0 Å². The summed E-state index contributed by atoms with van der Waals surface area (Å²) < 4.78 is 12.1. The van der Waals surface area contributed by atoms with Crippen LogP contribution < -0.4 is 5.46 Å². The number of aromatic nitrogens is 1. The highest BCUT2D eigenvalue weighted by atomic mass is 35.5. The molecule has 1 saturated heterocycles. The lowest BCUT2D eigenvalue weighted by molar-refractivity contribution is 0.00578. The van der Waals surface area contributed by atoms with Crippen LogP contribution in [-0.2, 0) is 9.31 Å². The Morgan fingerprint density at radius 3 is 2.30 bits per heavy atom. The summed E-state index contributed by atoms with van der Waals surface area (Å²) in [6.07, 6.45) is 1.74.